The summed E-state index contributed by atoms with van der Waals surface area (Å²) in [4.78, 5) is 15.6. The second kappa shape index (κ2) is 5.56. The molecule has 0 spiro atoms. The van der Waals surface area contributed by atoms with Gasteiger partial charge in [0.25, 0.3) is 5.91 Å². The van der Waals surface area contributed by atoms with Gasteiger partial charge >= 0.3 is 0 Å². The number of rotatable bonds is 3. The predicted octanol–water partition coefficient (Wildman–Crippen LogP) is 1.82. The molecule has 0 aliphatic heterocycles. The van der Waals surface area contributed by atoms with Gasteiger partial charge in [0.15, 0.2) is 11.6 Å². The minimum Gasteiger partial charge on any atom is -0.381 e. The van der Waals surface area contributed by atoms with Crippen molar-refractivity contribution in [2.24, 2.45) is 0 Å². The number of amides is 1. The molecular weight excluding hydrogens is 253 g/mol. The van der Waals surface area contributed by atoms with E-state index in [0.29, 0.717) is 5.25 Å². The molecule has 0 saturated heterocycles. The third kappa shape index (κ3) is 2.58. The molecular formula is C12H16FN3OS. The second-order valence-corrected chi connectivity index (χ2v) is 5.42. The largest absolute Gasteiger partial charge is 0.381 e. The lowest BCUT2D eigenvalue weighted by atomic mass is 10.2. The number of aromatic nitrogens is 1. The Morgan fingerprint density at radius 1 is 1.61 bits per heavy atom. The number of nitrogens with two attached hydrogens (primary N) is 1. The van der Waals surface area contributed by atoms with Crippen molar-refractivity contribution in [2.45, 2.75) is 30.6 Å². The summed E-state index contributed by atoms with van der Waals surface area (Å²) in [6.07, 6.45) is 6.50. The SMILES string of the molecule is CSC1CCCC1NC(=O)c1ccnc(N)c1F. The average Bonchev–Trinajstić information content (AvgIpc) is 2.79. The van der Waals surface area contributed by atoms with Crippen LogP contribution in [0.3, 0.4) is 0 Å². The third-order valence-electron chi connectivity index (χ3n) is 3.23. The highest BCUT2D eigenvalue weighted by Crippen LogP contribution is 2.28. The number of nitrogens with zero attached hydrogens (tertiary/aromatic N) is 1. The first-order valence-electron chi connectivity index (χ1n) is 5.87. The number of nitrogens with one attached hydrogen (secondary N) is 1. The first-order chi connectivity index (χ1) is 8.63. The van der Waals surface area contributed by atoms with E-state index in [4.69, 9.17) is 5.73 Å². The number of halogens is 1. The Bertz CT molecular complexity index is 455. The van der Waals surface area contributed by atoms with Gasteiger partial charge in [0.1, 0.15) is 0 Å². The zero-order chi connectivity index (χ0) is 13.1. The number of hydrogen-bond donors (Lipinski definition) is 2. The molecule has 1 fully saturated rings. The molecule has 3 N–H and O–H groups in total. The number of pyridine rings is 1. The van der Waals surface area contributed by atoms with Crippen LogP contribution in [0.1, 0.15) is 29.6 Å². The number of anilines is 1. The van der Waals surface area contributed by atoms with Crippen LogP contribution in [0.5, 0.6) is 0 Å². The van der Waals surface area contributed by atoms with Crippen LogP contribution in [0.4, 0.5) is 10.2 Å². The number of nitrogen functional groups attached to an aromatic ring is 1. The quantitative estimate of drug-likeness (QED) is 0.878. The number of hydrogen-bond acceptors (Lipinski definition) is 4. The smallest absolute Gasteiger partial charge is 0.254 e. The fourth-order valence-electron chi connectivity index (χ4n) is 2.25. The van der Waals surface area contributed by atoms with Crippen molar-refractivity contribution >= 4 is 23.5 Å². The molecule has 18 heavy (non-hydrogen) atoms. The first kappa shape index (κ1) is 13.1. The maximum atomic E-state index is 13.7. The highest BCUT2D eigenvalue weighted by molar-refractivity contribution is 7.99. The third-order valence-corrected chi connectivity index (χ3v) is 4.40. The summed E-state index contributed by atoms with van der Waals surface area (Å²) in [6.45, 7) is 0. The van der Waals surface area contributed by atoms with Crippen LogP contribution >= 0.6 is 11.8 Å². The zero-order valence-corrected chi connectivity index (χ0v) is 11.0. The Balaban J connectivity index is 2.10. The molecule has 1 aromatic rings. The van der Waals surface area contributed by atoms with E-state index in [1.165, 1.54) is 12.3 Å². The standard InChI is InChI=1S/C12H16FN3OS/c1-18-9-4-2-3-8(9)16-12(17)7-5-6-15-11(14)10(7)13/h5-6,8-9H,2-4H2,1H3,(H2,14,15)(H,16,17). The van der Waals surface area contributed by atoms with Gasteiger partial charge in [0.05, 0.1) is 5.56 Å². The average molecular weight is 269 g/mol. The number of thioether (sulfide) groups is 1. The van der Waals surface area contributed by atoms with Crippen LogP contribution in [-0.4, -0.2) is 28.4 Å². The van der Waals surface area contributed by atoms with Gasteiger partial charge < -0.3 is 11.1 Å². The summed E-state index contributed by atoms with van der Waals surface area (Å²) in [7, 11) is 0. The van der Waals surface area contributed by atoms with E-state index in [2.05, 4.69) is 10.3 Å². The van der Waals surface area contributed by atoms with Crippen LogP contribution in [0, 0.1) is 5.82 Å². The van der Waals surface area contributed by atoms with Crippen molar-refractivity contribution in [2.75, 3.05) is 12.0 Å². The Labute approximate surface area is 110 Å². The summed E-state index contributed by atoms with van der Waals surface area (Å²) < 4.78 is 13.7. The zero-order valence-electron chi connectivity index (χ0n) is 10.1. The minimum atomic E-state index is -0.742. The number of carbonyl (C=O) groups excluding carboxylic acids is 1. The van der Waals surface area contributed by atoms with E-state index >= 15 is 0 Å². The molecule has 1 aliphatic rings. The maximum absolute atomic E-state index is 13.7. The summed E-state index contributed by atoms with van der Waals surface area (Å²) in [5, 5.41) is 3.29. The molecule has 0 aromatic carbocycles. The highest BCUT2D eigenvalue weighted by Gasteiger charge is 2.28. The Kier molecular flexibility index (Phi) is 4.06. The van der Waals surface area contributed by atoms with Crippen molar-refractivity contribution in [1.29, 1.82) is 0 Å². The van der Waals surface area contributed by atoms with Gasteiger partial charge in [0, 0.05) is 17.5 Å². The van der Waals surface area contributed by atoms with Crippen LogP contribution in [0.15, 0.2) is 12.3 Å². The van der Waals surface area contributed by atoms with E-state index in [1.807, 2.05) is 6.26 Å². The van der Waals surface area contributed by atoms with Crippen molar-refractivity contribution in [3.8, 4) is 0 Å². The molecule has 2 atom stereocenters. The summed E-state index contributed by atoms with van der Waals surface area (Å²) in [6, 6.07) is 1.46. The lowest BCUT2D eigenvalue weighted by molar-refractivity contribution is 0.0934. The fraction of sp³-hybridized carbons (Fsp3) is 0.500. The fourth-order valence-corrected chi connectivity index (χ4v) is 3.19. The lowest BCUT2D eigenvalue weighted by Gasteiger charge is -2.19. The van der Waals surface area contributed by atoms with Crippen molar-refractivity contribution in [3.63, 3.8) is 0 Å². The topological polar surface area (TPSA) is 68.0 Å². The predicted molar refractivity (Wildman–Crippen MR) is 71.0 cm³/mol. The minimum absolute atomic E-state index is 0.0331. The molecule has 1 heterocycles. The molecule has 98 valence electrons. The van der Waals surface area contributed by atoms with Gasteiger partial charge in [-0.15, -0.1) is 0 Å². The van der Waals surface area contributed by atoms with Gasteiger partial charge in [-0.2, -0.15) is 11.8 Å². The normalized spacial score (nSPS) is 23.0. The van der Waals surface area contributed by atoms with Crippen LogP contribution in [-0.2, 0) is 0 Å². The maximum Gasteiger partial charge on any atom is 0.254 e. The Morgan fingerprint density at radius 3 is 3.11 bits per heavy atom. The van der Waals surface area contributed by atoms with Gasteiger partial charge in [-0.25, -0.2) is 9.37 Å². The van der Waals surface area contributed by atoms with Gasteiger partial charge in [-0.05, 0) is 25.2 Å². The van der Waals surface area contributed by atoms with Gasteiger partial charge in [-0.1, -0.05) is 6.42 Å². The van der Waals surface area contributed by atoms with E-state index in [9.17, 15) is 9.18 Å². The number of carbonyl (C=O) groups is 1. The summed E-state index contributed by atoms with van der Waals surface area (Å²) in [5.41, 5.74) is 5.32. The van der Waals surface area contributed by atoms with Crippen LogP contribution in [0.2, 0.25) is 0 Å². The van der Waals surface area contributed by atoms with E-state index in [-0.39, 0.29) is 17.4 Å². The monoisotopic (exact) mass is 269 g/mol. The van der Waals surface area contributed by atoms with Crippen molar-refractivity contribution in [1.82, 2.24) is 10.3 Å². The first-order valence-corrected chi connectivity index (χ1v) is 7.16. The molecule has 2 unspecified atom stereocenters. The second-order valence-electron chi connectivity index (χ2n) is 4.34. The van der Waals surface area contributed by atoms with Crippen molar-refractivity contribution in [3.05, 3.63) is 23.6 Å². The molecule has 0 bridgehead atoms. The molecule has 2 rings (SSSR count). The summed E-state index contributed by atoms with van der Waals surface area (Å²) >= 11 is 1.74. The Morgan fingerprint density at radius 2 is 2.39 bits per heavy atom. The van der Waals surface area contributed by atoms with Crippen LogP contribution in [0.25, 0.3) is 0 Å². The summed E-state index contributed by atoms with van der Waals surface area (Å²) in [5.74, 6) is -1.39. The van der Waals surface area contributed by atoms with E-state index in [0.717, 1.165) is 19.3 Å². The van der Waals surface area contributed by atoms with E-state index < -0.39 is 11.7 Å². The van der Waals surface area contributed by atoms with Gasteiger partial charge in [0.2, 0.25) is 0 Å². The Hall–Kier alpha value is -1.30. The molecule has 0 radical (unpaired) electrons. The molecule has 1 amide bonds. The molecule has 6 heteroatoms. The molecule has 1 aromatic heterocycles. The van der Waals surface area contributed by atoms with E-state index in [1.54, 1.807) is 11.8 Å². The lowest BCUT2D eigenvalue weighted by Crippen LogP contribution is -2.39. The van der Waals surface area contributed by atoms with Gasteiger partial charge in [-0.3, -0.25) is 4.79 Å². The highest BCUT2D eigenvalue weighted by atomic mass is 32.2. The van der Waals surface area contributed by atoms with Crippen LogP contribution < -0.4 is 11.1 Å². The molecule has 4 nitrogen and oxygen atoms in total. The molecule has 1 saturated carbocycles. The van der Waals surface area contributed by atoms with Crippen molar-refractivity contribution < 1.29 is 9.18 Å². The molecule has 1 aliphatic carbocycles.